The van der Waals surface area contributed by atoms with Crippen LogP contribution in [0.25, 0.3) is 5.69 Å². The van der Waals surface area contributed by atoms with Crippen LogP contribution >= 0.6 is 0 Å². The molecule has 7 nitrogen and oxygen atoms in total. The van der Waals surface area contributed by atoms with E-state index in [1.807, 2.05) is 44.2 Å². The molecule has 0 saturated carbocycles. The number of carbonyl (C=O) groups is 2. The van der Waals surface area contributed by atoms with Crippen LogP contribution in [0.4, 0.5) is 4.79 Å². The fourth-order valence-corrected chi connectivity index (χ4v) is 2.80. The van der Waals surface area contributed by atoms with E-state index >= 15 is 0 Å². The van der Waals surface area contributed by atoms with Crippen molar-refractivity contribution in [2.45, 2.75) is 27.3 Å². The van der Waals surface area contributed by atoms with Gasteiger partial charge < -0.3 is 24.7 Å². The normalized spacial score (nSPS) is 10.3. The first kappa shape index (κ1) is 19.4. The standard InChI is InChI=1S/C19H25N3O4/c1-5-26-18(23)12-21-19(24)20-11-15-10-13(2)22(14(15)3)16-8-6-7-9-17(16)25-4/h6-10H,5,11-12H2,1-4H3,(H2,20,21,24). The summed E-state index contributed by atoms with van der Waals surface area (Å²) in [7, 11) is 1.64. The van der Waals surface area contributed by atoms with Gasteiger partial charge in [0.05, 0.1) is 19.4 Å². The highest BCUT2D eigenvalue weighted by atomic mass is 16.5. The summed E-state index contributed by atoms with van der Waals surface area (Å²) in [4.78, 5) is 23.1. The van der Waals surface area contributed by atoms with Crippen molar-refractivity contribution in [3.63, 3.8) is 0 Å². The molecule has 2 N–H and O–H groups in total. The van der Waals surface area contributed by atoms with Gasteiger partial charge in [-0.15, -0.1) is 0 Å². The van der Waals surface area contributed by atoms with Crippen molar-refractivity contribution < 1.29 is 19.1 Å². The lowest BCUT2D eigenvalue weighted by molar-refractivity contribution is -0.141. The zero-order valence-corrected chi connectivity index (χ0v) is 15.6. The second kappa shape index (κ2) is 8.94. The summed E-state index contributed by atoms with van der Waals surface area (Å²) in [6.07, 6.45) is 0. The third-order valence-electron chi connectivity index (χ3n) is 4.00. The Kier molecular flexibility index (Phi) is 6.66. The lowest BCUT2D eigenvalue weighted by Gasteiger charge is -2.14. The number of urea groups is 1. The number of benzene rings is 1. The van der Waals surface area contributed by atoms with Crippen LogP contribution in [0.5, 0.6) is 5.75 Å². The smallest absolute Gasteiger partial charge is 0.325 e. The minimum atomic E-state index is -0.461. The van der Waals surface area contributed by atoms with Crippen LogP contribution in [0, 0.1) is 13.8 Å². The monoisotopic (exact) mass is 359 g/mol. The molecule has 140 valence electrons. The Balaban J connectivity index is 2.06. The highest BCUT2D eigenvalue weighted by Crippen LogP contribution is 2.27. The molecule has 0 aliphatic heterocycles. The van der Waals surface area contributed by atoms with Crippen LogP contribution < -0.4 is 15.4 Å². The molecule has 2 rings (SSSR count). The predicted octanol–water partition coefficient (Wildman–Crippen LogP) is 2.47. The zero-order valence-electron chi connectivity index (χ0n) is 15.6. The molecule has 7 heteroatoms. The van der Waals surface area contributed by atoms with Crippen molar-refractivity contribution in [2.24, 2.45) is 0 Å². The van der Waals surface area contributed by atoms with Gasteiger partial charge in [0.15, 0.2) is 0 Å². The number of aryl methyl sites for hydroxylation is 1. The molecule has 0 atom stereocenters. The molecular weight excluding hydrogens is 334 g/mol. The fourth-order valence-electron chi connectivity index (χ4n) is 2.80. The molecule has 0 fully saturated rings. The number of methoxy groups -OCH3 is 1. The lowest BCUT2D eigenvalue weighted by Crippen LogP contribution is -2.38. The van der Waals surface area contributed by atoms with Gasteiger partial charge in [-0.2, -0.15) is 0 Å². The number of para-hydroxylation sites is 2. The first-order chi connectivity index (χ1) is 12.5. The SMILES string of the molecule is CCOC(=O)CNC(=O)NCc1cc(C)n(-c2ccccc2OC)c1C. The van der Waals surface area contributed by atoms with E-state index in [1.165, 1.54) is 0 Å². The van der Waals surface area contributed by atoms with Crippen LogP contribution in [-0.4, -0.2) is 36.8 Å². The summed E-state index contributed by atoms with van der Waals surface area (Å²) in [5.41, 5.74) is 3.98. The van der Waals surface area contributed by atoms with Gasteiger partial charge in [-0.05, 0) is 44.5 Å². The molecule has 1 aromatic carbocycles. The van der Waals surface area contributed by atoms with Gasteiger partial charge in [-0.3, -0.25) is 4.79 Å². The molecule has 0 saturated heterocycles. The molecule has 2 aromatic rings. The number of ether oxygens (including phenoxy) is 2. The van der Waals surface area contributed by atoms with Gasteiger partial charge in [-0.1, -0.05) is 12.1 Å². The molecule has 26 heavy (non-hydrogen) atoms. The quantitative estimate of drug-likeness (QED) is 0.744. The van der Waals surface area contributed by atoms with Gasteiger partial charge >= 0.3 is 12.0 Å². The van der Waals surface area contributed by atoms with Crippen LogP contribution in [0.3, 0.4) is 0 Å². The molecular formula is C19H25N3O4. The largest absolute Gasteiger partial charge is 0.495 e. The predicted molar refractivity (Wildman–Crippen MR) is 98.7 cm³/mol. The Bertz CT molecular complexity index is 783. The van der Waals surface area contributed by atoms with E-state index in [-0.39, 0.29) is 13.2 Å². The van der Waals surface area contributed by atoms with E-state index in [2.05, 4.69) is 15.2 Å². The average Bonchev–Trinajstić information content (AvgIpc) is 2.92. The van der Waals surface area contributed by atoms with Crippen LogP contribution in [0.15, 0.2) is 30.3 Å². The summed E-state index contributed by atoms with van der Waals surface area (Å²) < 4.78 is 12.3. The third kappa shape index (κ3) is 4.56. The molecule has 0 unspecified atom stereocenters. The Morgan fingerprint density at radius 2 is 1.88 bits per heavy atom. The summed E-state index contributed by atoms with van der Waals surface area (Å²) in [5.74, 6) is 0.318. The number of nitrogens with one attached hydrogen (secondary N) is 2. The number of hydrogen-bond donors (Lipinski definition) is 2. The lowest BCUT2D eigenvalue weighted by atomic mass is 10.2. The second-order valence-corrected chi connectivity index (χ2v) is 5.74. The van der Waals surface area contributed by atoms with E-state index in [1.54, 1.807) is 14.0 Å². The first-order valence-electron chi connectivity index (χ1n) is 8.46. The maximum Gasteiger partial charge on any atom is 0.325 e. The molecule has 1 heterocycles. The molecule has 0 bridgehead atoms. The van der Waals surface area contributed by atoms with Gasteiger partial charge in [0.2, 0.25) is 0 Å². The highest BCUT2D eigenvalue weighted by molar-refractivity contribution is 5.80. The number of amides is 2. The topological polar surface area (TPSA) is 81.6 Å². The molecule has 0 aliphatic rings. The van der Waals surface area contributed by atoms with Crippen molar-refractivity contribution in [3.8, 4) is 11.4 Å². The number of esters is 1. The van der Waals surface area contributed by atoms with Crippen molar-refractivity contribution in [2.75, 3.05) is 20.3 Å². The van der Waals surface area contributed by atoms with Crippen molar-refractivity contribution >= 4 is 12.0 Å². The number of aromatic nitrogens is 1. The maximum atomic E-state index is 11.8. The third-order valence-corrected chi connectivity index (χ3v) is 4.00. The Hall–Kier alpha value is -2.96. The van der Waals surface area contributed by atoms with Crippen LogP contribution in [0.1, 0.15) is 23.9 Å². The average molecular weight is 359 g/mol. The van der Waals surface area contributed by atoms with Crippen molar-refractivity contribution in [1.29, 1.82) is 0 Å². The van der Waals surface area contributed by atoms with Gasteiger partial charge in [-0.25, -0.2) is 4.79 Å². The van der Waals surface area contributed by atoms with Crippen molar-refractivity contribution in [1.82, 2.24) is 15.2 Å². The number of hydrogen-bond acceptors (Lipinski definition) is 4. The van der Waals surface area contributed by atoms with Crippen molar-refractivity contribution in [3.05, 3.63) is 47.3 Å². The van der Waals surface area contributed by atoms with Gasteiger partial charge in [0, 0.05) is 17.9 Å². The molecule has 1 aromatic heterocycles. The molecule has 0 spiro atoms. The van der Waals surface area contributed by atoms with E-state index in [0.29, 0.717) is 6.54 Å². The van der Waals surface area contributed by atoms with Crippen LogP contribution in [-0.2, 0) is 16.1 Å². The van der Waals surface area contributed by atoms with E-state index < -0.39 is 12.0 Å². The highest BCUT2D eigenvalue weighted by Gasteiger charge is 2.14. The molecule has 0 radical (unpaired) electrons. The Morgan fingerprint density at radius 1 is 1.15 bits per heavy atom. The van der Waals surface area contributed by atoms with Gasteiger partial charge in [0.25, 0.3) is 0 Å². The molecule has 2 amide bonds. The van der Waals surface area contributed by atoms with Crippen LogP contribution in [0.2, 0.25) is 0 Å². The summed E-state index contributed by atoms with van der Waals surface area (Å²) >= 11 is 0. The Morgan fingerprint density at radius 3 is 2.58 bits per heavy atom. The minimum Gasteiger partial charge on any atom is -0.495 e. The summed E-state index contributed by atoms with van der Waals surface area (Å²) in [6, 6.07) is 9.38. The summed E-state index contributed by atoms with van der Waals surface area (Å²) in [6.45, 7) is 6.20. The fraction of sp³-hybridized carbons (Fsp3) is 0.368. The van der Waals surface area contributed by atoms with E-state index in [4.69, 9.17) is 9.47 Å². The number of carbonyl (C=O) groups excluding carboxylic acids is 2. The van der Waals surface area contributed by atoms with E-state index in [0.717, 1.165) is 28.4 Å². The molecule has 0 aliphatic carbocycles. The number of rotatable bonds is 7. The summed E-state index contributed by atoms with van der Waals surface area (Å²) in [5, 5.41) is 5.23. The zero-order chi connectivity index (χ0) is 19.1. The minimum absolute atomic E-state index is 0.153. The van der Waals surface area contributed by atoms with E-state index in [9.17, 15) is 9.59 Å². The first-order valence-corrected chi connectivity index (χ1v) is 8.46. The number of nitrogens with zero attached hydrogens (tertiary/aromatic N) is 1. The maximum absolute atomic E-state index is 11.8. The second-order valence-electron chi connectivity index (χ2n) is 5.74. The van der Waals surface area contributed by atoms with Gasteiger partial charge in [0.1, 0.15) is 12.3 Å². The Labute approximate surface area is 153 Å².